The molecular weight excluding hydrogens is 432 g/mol. The second-order valence-corrected chi connectivity index (χ2v) is 9.24. The molecule has 2 aromatic carbocycles. The van der Waals surface area contributed by atoms with E-state index in [1.165, 1.54) is 23.1 Å². The molecule has 0 unspecified atom stereocenters. The van der Waals surface area contributed by atoms with Crippen molar-refractivity contribution in [3.63, 3.8) is 0 Å². The highest BCUT2D eigenvalue weighted by molar-refractivity contribution is 7.92. The van der Waals surface area contributed by atoms with Crippen molar-refractivity contribution in [3.05, 3.63) is 53.9 Å². The van der Waals surface area contributed by atoms with Crippen LogP contribution < -0.4 is 9.62 Å². The van der Waals surface area contributed by atoms with Crippen molar-refractivity contribution in [3.8, 4) is 5.69 Å². The summed E-state index contributed by atoms with van der Waals surface area (Å²) in [4.78, 5) is 13.5. The molecule has 0 amide bonds. The summed E-state index contributed by atoms with van der Waals surface area (Å²) in [6, 6.07) is 9.54. The fourth-order valence-corrected chi connectivity index (χ4v) is 5.27. The number of carboxylic acids is 1. The minimum absolute atomic E-state index is 0.0441. The maximum atomic E-state index is 13.4. The summed E-state index contributed by atoms with van der Waals surface area (Å²) in [5.41, 5.74) is 2.21. The van der Waals surface area contributed by atoms with E-state index in [0.717, 1.165) is 38.0 Å². The zero-order valence-corrected chi connectivity index (χ0v) is 18.4. The molecule has 0 bridgehead atoms. The number of benzene rings is 2. The van der Waals surface area contributed by atoms with Crippen LogP contribution in [-0.4, -0.2) is 52.8 Å². The minimum Gasteiger partial charge on any atom is -0.478 e. The fourth-order valence-electron chi connectivity index (χ4n) is 3.87. The average molecular weight is 457 g/mol. The molecule has 0 radical (unpaired) electrons. The number of nitrogens with one attached hydrogen (secondary N) is 1. The van der Waals surface area contributed by atoms with Crippen molar-refractivity contribution < 1.29 is 18.3 Å². The predicted octanol–water partition coefficient (Wildman–Crippen LogP) is 2.71. The van der Waals surface area contributed by atoms with Crippen molar-refractivity contribution >= 4 is 27.4 Å². The van der Waals surface area contributed by atoms with Crippen LogP contribution in [0.3, 0.4) is 0 Å². The van der Waals surface area contributed by atoms with E-state index in [1.807, 2.05) is 19.1 Å². The van der Waals surface area contributed by atoms with Crippen LogP contribution in [0.5, 0.6) is 0 Å². The number of nitrogens with zero attached hydrogens (tertiary/aromatic N) is 5. The molecular formula is C21H24N6O4S. The maximum Gasteiger partial charge on any atom is 0.335 e. The Morgan fingerprint density at radius 3 is 2.56 bits per heavy atom. The number of hydrogen-bond donors (Lipinski definition) is 2. The second-order valence-electron chi connectivity index (χ2n) is 7.59. The summed E-state index contributed by atoms with van der Waals surface area (Å²) in [7, 11) is -4.06. The van der Waals surface area contributed by atoms with Gasteiger partial charge in [-0.15, -0.1) is 5.10 Å². The molecule has 1 aliphatic heterocycles. The van der Waals surface area contributed by atoms with Gasteiger partial charge in [0.2, 0.25) is 0 Å². The standard InChI is InChI=1S/C21H24N6O4S/c1-2-15-6-7-16(21(28)29)12-20(15)32(30,31)23-18-13-17(27-14-22-24-25-27)8-9-19(18)26-10-4-3-5-11-26/h6-9,12-14,23H,2-5,10-11H2,1H3,(H,28,29). The van der Waals surface area contributed by atoms with E-state index >= 15 is 0 Å². The molecule has 11 heteroatoms. The molecule has 0 spiro atoms. The monoisotopic (exact) mass is 456 g/mol. The third kappa shape index (κ3) is 4.42. The SMILES string of the molecule is CCc1ccc(C(=O)O)cc1S(=O)(=O)Nc1cc(-n2cnnn2)ccc1N1CCCCC1. The number of rotatable bonds is 7. The molecule has 32 heavy (non-hydrogen) atoms. The number of aromatic nitrogens is 4. The largest absolute Gasteiger partial charge is 0.478 e. The van der Waals surface area contributed by atoms with Gasteiger partial charge in [-0.1, -0.05) is 13.0 Å². The Bertz CT molecular complexity index is 1220. The van der Waals surface area contributed by atoms with E-state index < -0.39 is 16.0 Å². The molecule has 1 aromatic heterocycles. The third-order valence-electron chi connectivity index (χ3n) is 5.52. The van der Waals surface area contributed by atoms with Gasteiger partial charge in [0.1, 0.15) is 6.33 Å². The summed E-state index contributed by atoms with van der Waals surface area (Å²) >= 11 is 0. The summed E-state index contributed by atoms with van der Waals surface area (Å²) in [5, 5.41) is 20.5. The summed E-state index contributed by atoms with van der Waals surface area (Å²) < 4.78 is 31.0. The van der Waals surface area contributed by atoms with Gasteiger partial charge < -0.3 is 10.0 Å². The van der Waals surface area contributed by atoms with E-state index in [4.69, 9.17) is 0 Å². The van der Waals surface area contributed by atoms with Crippen LogP contribution in [0.4, 0.5) is 11.4 Å². The third-order valence-corrected chi connectivity index (χ3v) is 6.97. The molecule has 4 rings (SSSR count). The summed E-state index contributed by atoms with van der Waals surface area (Å²) in [6.45, 7) is 3.48. The van der Waals surface area contributed by atoms with Gasteiger partial charge in [0.25, 0.3) is 10.0 Å². The predicted molar refractivity (Wildman–Crippen MR) is 119 cm³/mol. The normalized spacial score (nSPS) is 14.3. The maximum absolute atomic E-state index is 13.4. The molecule has 2 N–H and O–H groups in total. The molecule has 1 fully saturated rings. The Labute approximate surface area is 185 Å². The Balaban J connectivity index is 1.78. The zero-order valence-electron chi connectivity index (χ0n) is 17.6. The van der Waals surface area contributed by atoms with Gasteiger partial charge in [-0.25, -0.2) is 17.9 Å². The molecule has 168 valence electrons. The lowest BCUT2D eigenvalue weighted by Crippen LogP contribution is -2.30. The lowest BCUT2D eigenvalue weighted by Gasteiger charge is -2.31. The van der Waals surface area contributed by atoms with E-state index in [2.05, 4.69) is 25.1 Å². The van der Waals surface area contributed by atoms with Gasteiger partial charge in [0.05, 0.1) is 27.5 Å². The molecule has 0 aliphatic carbocycles. The highest BCUT2D eigenvalue weighted by Gasteiger charge is 2.24. The number of tetrazole rings is 1. The lowest BCUT2D eigenvalue weighted by atomic mass is 10.1. The van der Waals surface area contributed by atoms with E-state index in [9.17, 15) is 18.3 Å². The Morgan fingerprint density at radius 2 is 1.91 bits per heavy atom. The van der Waals surface area contributed by atoms with Crippen LogP contribution in [0, 0.1) is 0 Å². The van der Waals surface area contributed by atoms with Crippen LogP contribution in [-0.2, 0) is 16.4 Å². The van der Waals surface area contributed by atoms with Crippen molar-refractivity contribution in [2.24, 2.45) is 0 Å². The number of aryl methyl sites for hydroxylation is 1. The molecule has 1 saturated heterocycles. The van der Waals surface area contributed by atoms with Gasteiger partial charge in [0.15, 0.2) is 0 Å². The highest BCUT2D eigenvalue weighted by Crippen LogP contribution is 2.33. The van der Waals surface area contributed by atoms with Crippen molar-refractivity contribution in [1.29, 1.82) is 0 Å². The number of carboxylic acid groups (broad SMARTS) is 1. The zero-order chi connectivity index (χ0) is 22.7. The average Bonchev–Trinajstić information content (AvgIpc) is 3.34. The van der Waals surface area contributed by atoms with Crippen LogP contribution in [0.15, 0.2) is 47.6 Å². The number of aromatic carboxylic acids is 1. The molecule has 0 saturated carbocycles. The molecule has 3 aromatic rings. The van der Waals surface area contributed by atoms with Crippen LogP contribution in [0.1, 0.15) is 42.1 Å². The van der Waals surface area contributed by atoms with Gasteiger partial charge in [-0.3, -0.25) is 4.72 Å². The molecule has 0 atom stereocenters. The van der Waals surface area contributed by atoms with Crippen molar-refractivity contribution in [2.45, 2.75) is 37.5 Å². The molecule has 1 aliphatic rings. The number of sulfonamides is 1. The Morgan fingerprint density at radius 1 is 1.12 bits per heavy atom. The topological polar surface area (TPSA) is 130 Å². The fraction of sp³-hybridized carbons (Fsp3) is 0.333. The van der Waals surface area contributed by atoms with Gasteiger partial charge in [0, 0.05) is 13.1 Å². The first-order chi connectivity index (χ1) is 15.4. The van der Waals surface area contributed by atoms with Crippen molar-refractivity contribution in [2.75, 3.05) is 22.7 Å². The van der Waals surface area contributed by atoms with Gasteiger partial charge in [-0.2, -0.15) is 0 Å². The number of carbonyl (C=O) groups is 1. The summed E-state index contributed by atoms with van der Waals surface area (Å²) in [6.07, 6.45) is 5.07. The minimum atomic E-state index is -4.06. The quantitative estimate of drug-likeness (QED) is 0.555. The number of piperidine rings is 1. The van der Waals surface area contributed by atoms with Crippen LogP contribution in [0.25, 0.3) is 5.69 Å². The van der Waals surface area contributed by atoms with Crippen LogP contribution >= 0.6 is 0 Å². The second kappa shape index (κ2) is 8.95. The first kappa shape index (κ1) is 21.8. The van der Waals surface area contributed by atoms with Crippen molar-refractivity contribution in [1.82, 2.24) is 20.2 Å². The first-order valence-corrected chi connectivity index (χ1v) is 11.9. The van der Waals surface area contributed by atoms with E-state index in [1.54, 1.807) is 12.1 Å². The number of anilines is 2. The van der Waals surface area contributed by atoms with Gasteiger partial charge in [-0.05, 0) is 72.0 Å². The smallest absolute Gasteiger partial charge is 0.335 e. The molecule has 2 heterocycles. The first-order valence-electron chi connectivity index (χ1n) is 10.4. The molecule has 10 nitrogen and oxygen atoms in total. The van der Waals surface area contributed by atoms with Gasteiger partial charge >= 0.3 is 5.97 Å². The van der Waals surface area contributed by atoms with E-state index in [0.29, 0.717) is 23.4 Å². The lowest BCUT2D eigenvalue weighted by molar-refractivity contribution is 0.0696. The van der Waals surface area contributed by atoms with E-state index in [-0.39, 0.29) is 10.5 Å². The Hall–Kier alpha value is -3.47. The highest BCUT2D eigenvalue weighted by atomic mass is 32.2. The number of hydrogen-bond acceptors (Lipinski definition) is 7. The Kier molecular flexibility index (Phi) is 6.08. The van der Waals surface area contributed by atoms with Crippen LogP contribution in [0.2, 0.25) is 0 Å². The summed E-state index contributed by atoms with van der Waals surface area (Å²) in [5.74, 6) is -1.18.